The largest absolute Gasteiger partial charge is 0.451 e. The lowest BCUT2D eigenvalue weighted by Gasteiger charge is -2.04. The molecule has 118 valence electrons. The van der Waals surface area contributed by atoms with Crippen LogP contribution in [0.2, 0.25) is 0 Å². The van der Waals surface area contributed by atoms with E-state index >= 15 is 0 Å². The Balaban J connectivity index is 1.64. The monoisotopic (exact) mass is 311 g/mol. The van der Waals surface area contributed by atoms with E-state index in [4.69, 9.17) is 9.26 Å². The van der Waals surface area contributed by atoms with Crippen LogP contribution in [-0.2, 0) is 11.3 Å². The van der Waals surface area contributed by atoms with Crippen LogP contribution in [0.15, 0.2) is 47.1 Å². The van der Waals surface area contributed by atoms with Crippen molar-refractivity contribution in [1.29, 1.82) is 0 Å². The molecule has 0 amide bonds. The predicted octanol–water partition coefficient (Wildman–Crippen LogP) is 3.55. The molecule has 0 saturated heterocycles. The molecule has 0 unspecified atom stereocenters. The Kier molecular flexibility index (Phi) is 4.23. The van der Waals surface area contributed by atoms with Crippen molar-refractivity contribution in [1.82, 2.24) is 15.1 Å². The highest BCUT2D eigenvalue weighted by Gasteiger charge is 2.13. The van der Waals surface area contributed by atoms with E-state index in [9.17, 15) is 4.79 Å². The summed E-state index contributed by atoms with van der Waals surface area (Å²) in [6.07, 6.45) is 1.65. The molecule has 0 bridgehead atoms. The maximum Gasteiger partial charge on any atom is 0.355 e. The lowest BCUT2D eigenvalue weighted by molar-refractivity contribution is 0.0423. The molecule has 3 rings (SSSR count). The number of esters is 1. The van der Waals surface area contributed by atoms with Crippen LogP contribution in [0.25, 0.3) is 11.4 Å². The third kappa shape index (κ3) is 3.48. The molecule has 2 heterocycles. The summed E-state index contributed by atoms with van der Waals surface area (Å²) in [5, 5.41) is 3.92. The number of nitrogens with one attached hydrogen (secondary N) is 1. The predicted molar refractivity (Wildman–Crippen MR) is 83.7 cm³/mol. The van der Waals surface area contributed by atoms with Crippen molar-refractivity contribution in [3.05, 3.63) is 59.7 Å². The Morgan fingerprint density at radius 1 is 1.26 bits per heavy atom. The van der Waals surface area contributed by atoms with Gasteiger partial charge in [-0.1, -0.05) is 43.3 Å². The zero-order chi connectivity index (χ0) is 16.2. The SMILES string of the molecule is CC(C)c1ccc(-c2noc(COC(=O)c3ccc[nH]3)n2)cc1. The fraction of sp³-hybridized carbons (Fsp3) is 0.235. The lowest BCUT2D eigenvalue weighted by Crippen LogP contribution is -2.05. The number of hydrogen-bond donors (Lipinski definition) is 1. The van der Waals surface area contributed by atoms with Crippen LogP contribution in [0.5, 0.6) is 0 Å². The molecule has 0 aliphatic heterocycles. The number of aromatic amines is 1. The highest BCUT2D eigenvalue weighted by Crippen LogP contribution is 2.20. The fourth-order valence-electron chi connectivity index (χ4n) is 2.11. The molecule has 6 heteroatoms. The van der Waals surface area contributed by atoms with Crippen LogP contribution in [0, 0.1) is 0 Å². The van der Waals surface area contributed by atoms with E-state index in [1.165, 1.54) is 5.56 Å². The number of carbonyl (C=O) groups is 1. The lowest BCUT2D eigenvalue weighted by atomic mass is 10.0. The number of rotatable bonds is 5. The van der Waals surface area contributed by atoms with Gasteiger partial charge in [0.2, 0.25) is 5.82 Å². The van der Waals surface area contributed by atoms with E-state index in [0.717, 1.165) is 5.56 Å². The second kappa shape index (κ2) is 6.48. The van der Waals surface area contributed by atoms with Gasteiger partial charge in [0.05, 0.1) is 0 Å². The number of carbonyl (C=O) groups excluding carboxylic acids is 1. The van der Waals surface area contributed by atoms with Crippen LogP contribution in [0.1, 0.15) is 41.7 Å². The molecule has 23 heavy (non-hydrogen) atoms. The minimum atomic E-state index is -0.462. The minimum Gasteiger partial charge on any atom is -0.451 e. The molecule has 0 spiro atoms. The minimum absolute atomic E-state index is 0.0606. The molecule has 2 aromatic heterocycles. The molecule has 3 aromatic rings. The third-order valence-electron chi connectivity index (χ3n) is 3.45. The molecule has 0 aliphatic carbocycles. The summed E-state index contributed by atoms with van der Waals surface area (Å²) >= 11 is 0. The maximum absolute atomic E-state index is 11.7. The van der Waals surface area contributed by atoms with E-state index < -0.39 is 5.97 Å². The van der Waals surface area contributed by atoms with Crippen molar-refractivity contribution < 1.29 is 14.1 Å². The van der Waals surface area contributed by atoms with Crippen molar-refractivity contribution in [3.8, 4) is 11.4 Å². The summed E-state index contributed by atoms with van der Waals surface area (Å²) in [6, 6.07) is 11.4. The van der Waals surface area contributed by atoms with Crippen LogP contribution in [0.3, 0.4) is 0 Å². The Hall–Kier alpha value is -2.89. The molecular weight excluding hydrogens is 294 g/mol. The van der Waals surface area contributed by atoms with Gasteiger partial charge in [-0.25, -0.2) is 4.79 Å². The van der Waals surface area contributed by atoms with E-state index in [0.29, 0.717) is 17.4 Å². The summed E-state index contributed by atoms with van der Waals surface area (Å²) in [6.45, 7) is 4.22. The summed E-state index contributed by atoms with van der Waals surface area (Å²) in [5.74, 6) is 0.743. The average molecular weight is 311 g/mol. The molecule has 1 N–H and O–H groups in total. The standard InChI is InChI=1S/C17H17N3O3/c1-11(2)12-5-7-13(8-6-12)16-19-15(23-20-16)10-22-17(21)14-4-3-9-18-14/h3-9,11,18H,10H2,1-2H3. The van der Waals surface area contributed by atoms with Crippen molar-refractivity contribution in [2.45, 2.75) is 26.4 Å². The molecule has 1 aromatic carbocycles. The highest BCUT2D eigenvalue weighted by atomic mass is 16.6. The van der Waals surface area contributed by atoms with Crippen LogP contribution in [-0.4, -0.2) is 21.1 Å². The van der Waals surface area contributed by atoms with E-state index in [-0.39, 0.29) is 12.5 Å². The summed E-state index contributed by atoms with van der Waals surface area (Å²) in [4.78, 5) is 18.7. The quantitative estimate of drug-likeness (QED) is 0.729. The van der Waals surface area contributed by atoms with Gasteiger partial charge in [0.15, 0.2) is 6.61 Å². The van der Waals surface area contributed by atoms with Gasteiger partial charge in [-0.3, -0.25) is 0 Å². The number of nitrogens with zero attached hydrogens (tertiary/aromatic N) is 2. The normalized spacial score (nSPS) is 10.9. The fourth-order valence-corrected chi connectivity index (χ4v) is 2.11. The average Bonchev–Trinajstić information content (AvgIpc) is 3.24. The van der Waals surface area contributed by atoms with E-state index in [1.54, 1.807) is 18.3 Å². The number of benzene rings is 1. The zero-order valence-electron chi connectivity index (χ0n) is 12.9. The topological polar surface area (TPSA) is 81.0 Å². The van der Waals surface area contributed by atoms with Crippen LogP contribution in [0.4, 0.5) is 0 Å². The molecular formula is C17H17N3O3. The van der Waals surface area contributed by atoms with Crippen molar-refractivity contribution in [2.75, 3.05) is 0 Å². The number of ether oxygens (including phenoxy) is 1. The first-order valence-electron chi connectivity index (χ1n) is 7.37. The van der Waals surface area contributed by atoms with E-state index in [1.807, 2.05) is 24.3 Å². The molecule has 0 aliphatic rings. The van der Waals surface area contributed by atoms with Gasteiger partial charge in [0.25, 0.3) is 5.89 Å². The smallest absolute Gasteiger partial charge is 0.355 e. The molecule has 0 radical (unpaired) electrons. The highest BCUT2D eigenvalue weighted by molar-refractivity contribution is 5.87. The third-order valence-corrected chi connectivity index (χ3v) is 3.45. The molecule has 6 nitrogen and oxygen atoms in total. The Labute approximate surface area is 133 Å². The first-order valence-corrected chi connectivity index (χ1v) is 7.37. The first-order chi connectivity index (χ1) is 11.1. The van der Waals surface area contributed by atoms with Crippen molar-refractivity contribution in [2.24, 2.45) is 0 Å². The Morgan fingerprint density at radius 2 is 2.04 bits per heavy atom. The van der Waals surface area contributed by atoms with Gasteiger partial charge in [0, 0.05) is 11.8 Å². The Bertz CT molecular complexity index is 774. The second-order valence-corrected chi connectivity index (χ2v) is 5.45. The van der Waals surface area contributed by atoms with Crippen molar-refractivity contribution in [3.63, 3.8) is 0 Å². The maximum atomic E-state index is 11.7. The number of aromatic nitrogens is 3. The van der Waals surface area contributed by atoms with E-state index in [2.05, 4.69) is 29.0 Å². The zero-order valence-corrected chi connectivity index (χ0v) is 12.9. The number of hydrogen-bond acceptors (Lipinski definition) is 5. The molecule has 0 saturated carbocycles. The first kappa shape index (κ1) is 15.0. The van der Waals surface area contributed by atoms with Crippen LogP contribution < -0.4 is 0 Å². The summed E-state index contributed by atoms with van der Waals surface area (Å²) < 4.78 is 10.2. The second-order valence-electron chi connectivity index (χ2n) is 5.45. The molecule has 0 atom stereocenters. The van der Waals surface area contributed by atoms with Gasteiger partial charge in [-0.05, 0) is 23.6 Å². The van der Waals surface area contributed by atoms with Gasteiger partial charge in [0.1, 0.15) is 5.69 Å². The Morgan fingerprint density at radius 3 is 2.70 bits per heavy atom. The van der Waals surface area contributed by atoms with Gasteiger partial charge in [-0.15, -0.1) is 0 Å². The molecule has 0 fully saturated rings. The van der Waals surface area contributed by atoms with Gasteiger partial charge < -0.3 is 14.2 Å². The summed E-state index contributed by atoms with van der Waals surface area (Å²) in [5.41, 5.74) is 2.49. The van der Waals surface area contributed by atoms with Crippen LogP contribution >= 0.6 is 0 Å². The van der Waals surface area contributed by atoms with Gasteiger partial charge >= 0.3 is 5.97 Å². The van der Waals surface area contributed by atoms with Gasteiger partial charge in [-0.2, -0.15) is 4.98 Å². The summed E-state index contributed by atoms with van der Waals surface area (Å²) in [7, 11) is 0. The number of H-pyrrole nitrogens is 1. The van der Waals surface area contributed by atoms with Crippen molar-refractivity contribution >= 4 is 5.97 Å².